The van der Waals surface area contributed by atoms with Crippen LogP contribution < -0.4 is 9.47 Å². The molecule has 0 aromatic heterocycles. The molecule has 138 valence electrons. The van der Waals surface area contributed by atoms with Crippen molar-refractivity contribution in [3.8, 4) is 23.3 Å². The fourth-order valence-corrected chi connectivity index (χ4v) is 2.47. The van der Waals surface area contributed by atoms with Crippen molar-refractivity contribution in [1.82, 2.24) is 0 Å². The quantitative estimate of drug-likeness (QED) is 0.669. The Morgan fingerprint density at radius 1 is 0.692 bits per heavy atom. The summed E-state index contributed by atoms with van der Waals surface area (Å²) in [6.45, 7) is 4.10. The summed E-state index contributed by atoms with van der Waals surface area (Å²) in [4.78, 5) is 0. The highest BCUT2D eigenvalue weighted by Crippen LogP contribution is 2.28. The molecule has 3 rings (SSSR count). The van der Waals surface area contributed by atoms with Crippen LogP contribution in [0.1, 0.15) is 12.0 Å². The van der Waals surface area contributed by atoms with E-state index < -0.39 is 0 Å². The largest absolute Gasteiger partial charge is 0.487 e. The lowest BCUT2D eigenvalue weighted by atomic mass is 10.1. The minimum Gasteiger partial charge on any atom is -0.487 e. The van der Waals surface area contributed by atoms with Gasteiger partial charge in [0.1, 0.15) is 13.2 Å². The molecule has 26 heavy (non-hydrogen) atoms. The molecule has 1 aliphatic heterocycles. The minimum atomic E-state index is 0.443. The molecule has 1 aromatic rings. The van der Waals surface area contributed by atoms with Crippen molar-refractivity contribution in [3.05, 3.63) is 47.6 Å². The number of rotatable bonds is 0. The van der Waals surface area contributed by atoms with Gasteiger partial charge in [-0.05, 0) is 24.6 Å². The van der Waals surface area contributed by atoms with E-state index in [2.05, 4.69) is 17.9 Å². The third kappa shape index (κ3) is 6.23. The van der Waals surface area contributed by atoms with Gasteiger partial charge in [-0.2, -0.15) is 0 Å². The number of fused-ring (bicyclic) bond motifs is 1. The Kier molecular flexibility index (Phi) is 7.60. The van der Waals surface area contributed by atoms with Crippen molar-refractivity contribution >= 4 is 0 Å². The number of hydrogen-bond acceptors (Lipinski definition) is 5. The molecule has 0 spiro atoms. The fourth-order valence-electron chi connectivity index (χ4n) is 2.47. The van der Waals surface area contributed by atoms with Crippen molar-refractivity contribution in [3.63, 3.8) is 0 Å². The van der Waals surface area contributed by atoms with E-state index in [9.17, 15) is 0 Å². The highest BCUT2D eigenvalue weighted by Gasteiger charge is 2.07. The van der Waals surface area contributed by atoms with Crippen LogP contribution in [0, 0.1) is 11.8 Å². The van der Waals surface area contributed by atoms with Crippen LogP contribution in [-0.4, -0.2) is 52.9 Å². The van der Waals surface area contributed by atoms with Gasteiger partial charge >= 0.3 is 0 Å². The summed E-state index contributed by atoms with van der Waals surface area (Å²) in [6, 6.07) is 5.74. The van der Waals surface area contributed by atoms with Gasteiger partial charge in [0.05, 0.1) is 39.6 Å². The summed E-state index contributed by atoms with van der Waals surface area (Å²) >= 11 is 0. The number of allylic oxidation sites excluding steroid dienone is 4. The first-order chi connectivity index (χ1) is 12.9. The van der Waals surface area contributed by atoms with Crippen LogP contribution in [0.25, 0.3) is 0 Å². The van der Waals surface area contributed by atoms with Gasteiger partial charge < -0.3 is 23.7 Å². The van der Waals surface area contributed by atoms with Crippen LogP contribution in [0.15, 0.2) is 42.0 Å². The van der Waals surface area contributed by atoms with Crippen LogP contribution in [0.4, 0.5) is 0 Å². The Balaban J connectivity index is 1.66. The van der Waals surface area contributed by atoms with Crippen molar-refractivity contribution in [2.75, 3.05) is 52.9 Å². The minimum absolute atomic E-state index is 0.443. The Hall–Kier alpha value is -2.26. The summed E-state index contributed by atoms with van der Waals surface area (Å²) in [5.74, 6) is 7.73. The lowest BCUT2D eigenvalue weighted by molar-refractivity contribution is 0.00708. The maximum atomic E-state index is 5.85. The number of ether oxygens (including phenoxy) is 5. The predicted octanol–water partition coefficient (Wildman–Crippen LogP) is 2.75. The first kappa shape index (κ1) is 18.5. The van der Waals surface area contributed by atoms with Gasteiger partial charge in [0, 0.05) is 11.1 Å². The molecule has 0 fully saturated rings. The van der Waals surface area contributed by atoms with Crippen molar-refractivity contribution < 1.29 is 23.7 Å². The normalized spacial score (nSPS) is 18.8. The Bertz CT molecular complexity index is 696. The smallest absolute Gasteiger partial charge is 0.162 e. The molecule has 1 aliphatic carbocycles. The van der Waals surface area contributed by atoms with E-state index in [0.717, 1.165) is 17.6 Å². The molecule has 0 bridgehead atoms. The monoisotopic (exact) mass is 356 g/mol. The molecule has 0 amide bonds. The molecule has 0 atom stereocenters. The topological polar surface area (TPSA) is 46.2 Å². The van der Waals surface area contributed by atoms with E-state index in [4.69, 9.17) is 23.7 Å². The SMILES string of the molecule is C(#Cc1ccc2c(c1)OCCOCCOCCOCCO2)C1=CC=CC1. The van der Waals surface area contributed by atoms with Gasteiger partial charge in [0.2, 0.25) is 0 Å². The van der Waals surface area contributed by atoms with E-state index in [1.165, 1.54) is 0 Å². The zero-order valence-electron chi connectivity index (χ0n) is 14.9. The lowest BCUT2D eigenvalue weighted by Gasteiger charge is -2.13. The molecule has 0 N–H and O–H groups in total. The average molecular weight is 356 g/mol. The maximum absolute atomic E-state index is 5.85. The molecule has 0 saturated carbocycles. The molecule has 0 saturated heterocycles. The molecular formula is C21H24O5. The van der Waals surface area contributed by atoms with E-state index in [-0.39, 0.29) is 0 Å². The van der Waals surface area contributed by atoms with Gasteiger partial charge in [-0.25, -0.2) is 0 Å². The maximum Gasteiger partial charge on any atom is 0.162 e. The number of benzene rings is 1. The lowest BCUT2D eigenvalue weighted by Crippen LogP contribution is -2.13. The molecule has 1 heterocycles. The first-order valence-corrected chi connectivity index (χ1v) is 8.92. The van der Waals surface area contributed by atoms with E-state index in [1.807, 2.05) is 30.4 Å². The van der Waals surface area contributed by atoms with Crippen LogP contribution in [0.5, 0.6) is 11.5 Å². The van der Waals surface area contributed by atoms with Crippen LogP contribution in [0.2, 0.25) is 0 Å². The Morgan fingerprint density at radius 2 is 1.35 bits per heavy atom. The molecule has 0 radical (unpaired) electrons. The highest BCUT2D eigenvalue weighted by atomic mass is 16.6. The standard InChI is InChI=1S/C21H24O5/c1-2-4-18(3-1)5-6-19-7-8-20-21(17-19)26-16-14-24-12-10-22-9-11-23-13-15-25-20/h1-3,7-8,17H,4,9-16H2. The molecule has 1 aromatic carbocycles. The average Bonchev–Trinajstić information content (AvgIpc) is 3.17. The predicted molar refractivity (Wildman–Crippen MR) is 98.6 cm³/mol. The summed E-state index contributed by atoms with van der Waals surface area (Å²) < 4.78 is 28.0. The summed E-state index contributed by atoms with van der Waals surface area (Å²) in [5.41, 5.74) is 2.01. The second-order valence-electron chi connectivity index (χ2n) is 5.77. The number of hydrogen-bond donors (Lipinski definition) is 0. The zero-order chi connectivity index (χ0) is 17.9. The molecule has 5 heteroatoms. The van der Waals surface area contributed by atoms with Gasteiger partial charge in [-0.15, -0.1) is 0 Å². The summed E-state index contributed by atoms with van der Waals surface area (Å²) in [7, 11) is 0. The van der Waals surface area contributed by atoms with Gasteiger partial charge in [0.15, 0.2) is 11.5 Å². The van der Waals surface area contributed by atoms with Crippen LogP contribution >= 0.6 is 0 Å². The second kappa shape index (κ2) is 10.7. The van der Waals surface area contributed by atoms with Crippen LogP contribution in [-0.2, 0) is 14.2 Å². The second-order valence-corrected chi connectivity index (χ2v) is 5.77. The van der Waals surface area contributed by atoms with Crippen molar-refractivity contribution in [2.45, 2.75) is 6.42 Å². The Morgan fingerprint density at radius 3 is 2.00 bits per heavy atom. The van der Waals surface area contributed by atoms with E-state index >= 15 is 0 Å². The van der Waals surface area contributed by atoms with E-state index in [1.54, 1.807) is 0 Å². The highest BCUT2D eigenvalue weighted by molar-refractivity contribution is 5.51. The van der Waals surface area contributed by atoms with Crippen molar-refractivity contribution in [2.24, 2.45) is 0 Å². The van der Waals surface area contributed by atoms with Crippen LogP contribution in [0.3, 0.4) is 0 Å². The van der Waals surface area contributed by atoms with Crippen molar-refractivity contribution in [1.29, 1.82) is 0 Å². The zero-order valence-corrected chi connectivity index (χ0v) is 14.9. The third-order valence-corrected chi connectivity index (χ3v) is 3.80. The van der Waals surface area contributed by atoms with E-state index in [0.29, 0.717) is 64.4 Å². The van der Waals surface area contributed by atoms with Gasteiger partial charge in [-0.3, -0.25) is 0 Å². The molecule has 5 nitrogen and oxygen atoms in total. The molecule has 2 aliphatic rings. The van der Waals surface area contributed by atoms with Gasteiger partial charge in [0.25, 0.3) is 0 Å². The first-order valence-electron chi connectivity index (χ1n) is 8.92. The fraction of sp³-hybridized carbons (Fsp3) is 0.429. The van der Waals surface area contributed by atoms with Gasteiger partial charge in [-0.1, -0.05) is 30.1 Å². The summed E-state index contributed by atoms with van der Waals surface area (Å²) in [5, 5.41) is 0. The summed E-state index contributed by atoms with van der Waals surface area (Å²) in [6.07, 6.45) is 7.06. The molecule has 0 unspecified atom stereocenters. The third-order valence-electron chi connectivity index (χ3n) is 3.80. The molecular weight excluding hydrogens is 332 g/mol. The Labute approximate surface area is 154 Å².